The molecule has 0 atom stereocenters. The Labute approximate surface area is 93.4 Å². The zero-order valence-corrected chi connectivity index (χ0v) is 9.28. The highest BCUT2D eigenvalue weighted by Crippen LogP contribution is 2.28. The van der Waals surface area contributed by atoms with Gasteiger partial charge < -0.3 is 0 Å². The topological polar surface area (TPSA) is 77.3 Å². The van der Waals surface area contributed by atoms with Crippen LogP contribution in [-0.2, 0) is 0 Å². The molecule has 1 aromatic rings. The van der Waals surface area contributed by atoms with Crippen LogP contribution in [-0.4, -0.2) is 17.0 Å². The summed E-state index contributed by atoms with van der Waals surface area (Å²) in [6.45, 7) is 1.32. The summed E-state index contributed by atoms with van der Waals surface area (Å²) in [7, 11) is 0. The van der Waals surface area contributed by atoms with E-state index in [-0.39, 0.29) is 27.1 Å². The summed E-state index contributed by atoms with van der Waals surface area (Å²) in [5, 5.41) is 10.6. The van der Waals surface area contributed by atoms with E-state index in [9.17, 15) is 19.7 Å². The fraction of sp³-hybridized carbons (Fsp3) is 0.111. The molecule has 0 aromatic heterocycles. The van der Waals surface area contributed by atoms with E-state index in [1.54, 1.807) is 0 Å². The van der Waals surface area contributed by atoms with Gasteiger partial charge in [-0.1, -0.05) is 0 Å². The molecule has 5 nitrogen and oxygen atoms in total. The lowest BCUT2D eigenvalue weighted by Gasteiger charge is -2.03. The van der Waals surface area contributed by atoms with Crippen molar-refractivity contribution in [3.8, 4) is 0 Å². The normalized spacial score (nSPS) is 9.73. The molecule has 0 unspecified atom stereocenters. The number of hydrogen-bond donors (Lipinski definition) is 0. The van der Waals surface area contributed by atoms with Gasteiger partial charge in [-0.3, -0.25) is 19.7 Å². The molecule has 0 amide bonds. The molecule has 0 aliphatic rings. The monoisotopic (exact) mass is 271 g/mol. The summed E-state index contributed by atoms with van der Waals surface area (Å²) in [6, 6.07) is 2.46. The minimum atomic E-state index is -0.668. The van der Waals surface area contributed by atoms with Crippen molar-refractivity contribution in [3.63, 3.8) is 0 Å². The van der Waals surface area contributed by atoms with Crippen LogP contribution in [0.25, 0.3) is 0 Å². The van der Waals surface area contributed by atoms with Crippen LogP contribution in [0.3, 0.4) is 0 Å². The molecule has 0 bridgehead atoms. The standard InChI is InChI=1S/C9H6BrNO4/c1-5(13)6-2-3-8(11(14)15)7(4-12)9(6)10/h2-4H,1H3. The van der Waals surface area contributed by atoms with Gasteiger partial charge in [0.15, 0.2) is 12.1 Å². The van der Waals surface area contributed by atoms with Crippen molar-refractivity contribution in [2.24, 2.45) is 0 Å². The van der Waals surface area contributed by atoms with E-state index in [1.807, 2.05) is 0 Å². The fourth-order valence-corrected chi connectivity index (χ4v) is 1.83. The Morgan fingerprint density at radius 3 is 2.53 bits per heavy atom. The summed E-state index contributed by atoms with van der Waals surface area (Å²) >= 11 is 3.00. The van der Waals surface area contributed by atoms with Gasteiger partial charge in [-0.05, 0) is 28.9 Å². The molecule has 0 aliphatic heterocycles. The third-order valence-electron chi connectivity index (χ3n) is 1.85. The number of aldehydes is 1. The van der Waals surface area contributed by atoms with Crippen molar-refractivity contribution in [2.45, 2.75) is 6.92 Å². The van der Waals surface area contributed by atoms with Crippen LogP contribution in [0.2, 0.25) is 0 Å². The van der Waals surface area contributed by atoms with Crippen LogP contribution < -0.4 is 0 Å². The van der Waals surface area contributed by atoms with E-state index >= 15 is 0 Å². The Kier molecular flexibility index (Phi) is 3.31. The first-order valence-electron chi connectivity index (χ1n) is 3.92. The van der Waals surface area contributed by atoms with E-state index in [0.29, 0.717) is 6.29 Å². The number of nitro groups is 1. The van der Waals surface area contributed by atoms with Crippen molar-refractivity contribution < 1.29 is 14.5 Å². The molecular weight excluding hydrogens is 266 g/mol. The minimum absolute atomic E-state index is 0.118. The molecule has 15 heavy (non-hydrogen) atoms. The van der Waals surface area contributed by atoms with E-state index in [4.69, 9.17) is 0 Å². The first-order chi connectivity index (χ1) is 6.99. The number of Topliss-reactive ketones (excluding diaryl/α,β-unsaturated/α-hetero) is 1. The molecule has 1 rings (SSSR count). The predicted molar refractivity (Wildman–Crippen MR) is 56.2 cm³/mol. The summed E-state index contributed by atoms with van der Waals surface area (Å²) in [5.41, 5.74) is -0.183. The quantitative estimate of drug-likeness (QED) is 0.366. The maximum Gasteiger partial charge on any atom is 0.281 e. The highest BCUT2D eigenvalue weighted by atomic mass is 79.9. The zero-order chi connectivity index (χ0) is 11.6. The van der Waals surface area contributed by atoms with Crippen molar-refractivity contribution in [2.75, 3.05) is 0 Å². The number of rotatable bonds is 3. The lowest BCUT2D eigenvalue weighted by atomic mass is 10.1. The largest absolute Gasteiger partial charge is 0.298 e. The Balaban J connectivity index is 3.52. The van der Waals surface area contributed by atoms with Crippen molar-refractivity contribution in [3.05, 3.63) is 37.8 Å². The second-order valence-corrected chi connectivity index (χ2v) is 3.58. The molecule has 0 saturated carbocycles. The number of ketones is 1. The number of hydrogen-bond acceptors (Lipinski definition) is 4. The van der Waals surface area contributed by atoms with Crippen molar-refractivity contribution in [1.82, 2.24) is 0 Å². The smallest absolute Gasteiger partial charge is 0.281 e. The number of nitrogens with zero attached hydrogens (tertiary/aromatic N) is 1. The van der Waals surface area contributed by atoms with Crippen LogP contribution >= 0.6 is 15.9 Å². The average molecular weight is 272 g/mol. The molecule has 0 fully saturated rings. The Hall–Kier alpha value is -1.56. The highest BCUT2D eigenvalue weighted by Gasteiger charge is 2.20. The van der Waals surface area contributed by atoms with E-state index in [2.05, 4.69) is 15.9 Å². The van der Waals surface area contributed by atoms with E-state index in [1.165, 1.54) is 13.0 Å². The first-order valence-corrected chi connectivity index (χ1v) is 4.71. The molecule has 0 spiro atoms. The van der Waals surface area contributed by atoms with Gasteiger partial charge in [0, 0.05) is 16.1 Å². The molecule has 78 valence electrons. The molecule has 0 radical (unpaired) electrons. The number of carbonyl (C=O) groups excluding carboxylic acids is 2. The van der Waals surface area contributed by atoms with Crippen LogP contribution in [0.1, 0.15) is 27.6 Å². The summed E-state index contributed by atoms with van der Waals surface area (Å²) in [6.07, 6.45) is 0.356. The molecule has 0 N–H and O–H groups in total. The van der Waals surface area contributed by atoms with Gasteiger partial charge in [0.25, 0.3) is 5.69 Å². The second kappa shape index (κ2) is 4.31. The maximum absolute atomic E-state index is 11.1. The molecule has 6 heteroatoms. The van der Waals surface area contributed by atoms with Gasteiger partial charge in [0.1, 0.15) is 5.56 Å². The van der Waals surface area contributed by atoms with Crippen LogP contribution in [0.5, 0.6) is 0 Å². The molecule has 0 heterocycles. The summed E-state index contributed by atoms with van der Waals surface area (Å²) in [5.74, 6) is -0.264. The highest BCUT2D eigenvalue weighted by molar-refractivity contribution is 9.10. The average Bonchev–Trinajstić information content (AvgIpc) is 2.16. The number of benzene rings is 1. The van der Waals surface area contributed by atoms with Gasteiger partial charge in [0.2, 0.25) is 0 Å². The molecule has 1 aromatic carbocycles. The Morgan fingerprint density at radius 1 is 1.53 bits per heavy atom. The third kappa shape index (κ3) is 2.10. The van der Waals surface area contributed by atoms with Crippen molar-refractivity contribution >= 4 is 33.7 Å². The Morgan fingerprint density at radius 2 is 2.13 bits per heavy atom. The molecular formula is C9H6BrNO4. The van der Waals surface area contributed by atoms with Crippen LogP contribution in [0.4, 0.5) is 5.69 Å². The molecule has 0 aliphatic carbocycles. The fourth-order valence-electron chi connectivity index (χ4n) is 1.13. The number of halogens is 1. The van der Waals surface area contributed by atoms with Crippen molar-refractivity contribution in [1.29, 1.82) is 0 Å². The lowest BCUT2D eigenvalue weighted by molar-refractivity contribution is -0.385. The van der Waals surface area contributed by atoms with Gasteiger partial charge in [-0.15, -0.1) is 0 Å². The summed E-state index contributed by atoms with van der Waals surface area (Å²) in [4.78, 5) is 31.7. The lowest BCUT2D eigenvalue weighted by Crippen LogP contribution is -2.01. The van der Waals surface area contributed by atoms with E-state index < -0.39 is 4.92 Å². The zero-order valence-electron chi connectivity index (χ0n) is 7.69. The summed E-state index contributed by atoms with van der Waals surface area (Å²) < 4.78 is 0.166. The molecule has 0 saturated heterocycles. The van der Waals surface area contributed by atoms with Gasteiger partial charge >= 0.3 is 0 Å². The third-order valence-corrected chi connectivity index (χ3v) is 2.70. The van der Waals surface area contributed by atoms with Gasteiger partial charge in [0.05, 0.1) is 4.92 Å². The second-order valence-electron chi connectivity index (χ2n) is 2.79. The Bertz CT molecular complexity index is 456. The minimum Gasteiger partial charge on any atom is -0.298 e. The van der Waals surface area contributed by atoms with Gasteiger partial charge in [-0.25, -0.2) is 0 Å². The van der Waals surface area contributed by atoms with Crippen LogP contribution in [0.15, 0.2) is 16.6 Å². The van der Waals surface area contributed by atoms with E-state index in [0.717, 1.165) is 6.07 Å². The number of carbonyl (C=O) groups is 2. The maximum atomic E-state index is 11.1. The van der Waals surface area contributed by atoms with Crippen LogP contribution in [0, 0.1) is 10.1 Å². The SMILES string of the molecule is CC(=O)c1ccc([N+](=O)[O-])c(C=O)c1Br. The predicted octanol–water partition coefficient (Wildman–Crippen LogP) is 2.37. The first kappa shape index (κ1) is 11.5. The van der Waals surface area contributed by atoms with Gasteiger partial charge in [-0.2, -0.15) is 0 Å². The number of nitro benzene ring substituents is 1.